The van der Waals surface area contributed by atoms with Crippen molar-refractivity contribution in [3.8, 4) is 6.07 Å². The van der Waals surface area contributed by atoms with Gasteiger partial charge < -0.3 is 0 Å². The Morgan fingerprint density at radius 2 is 2.64 bits per heavy atom. The van der Waals surface area contributed by atoms with Crippen molar-refractivity contribution < 1.29 is 0 Å². The lowest BCUT2D eigenvalue weighted by Crippen LogP contribution is -2.28. The van der Waals surface area contributed by atoms with Crippen LogP contribution in [0, 0.1) is 11.3 Å². The summed E-state index contributed by atoms with van der Waals surface area (Å²) in [6.07, 6.45) is 5.25. The van der Waals surface area contributed by atoms with Gasteiger partial charge in [-0.1, -0.05) is 0 Å². The molecular weight excluding hydrogens is 140 g/mol. The zero-order valence-electron chi connectivity index (χ0n) is 5.78. The molecule has 0 unspecified atom stereocenters. The number of rotatable bonds is 0. The van der Waals surface area contributed by atoms with E-state index in [2.05, 4.69) is 10.4 Å². The Morgan fingerprint density at radius 1 is 1.73 bits per heavy atom. The number of nitriles is 1. The van der Waals surface area contributed by atoms with Crippen LogP contribution < -0.4 is 5.43 Å². The van der Waals surface area contributed by atoms with Gasteiger partial charge in [-0.25, -0.2) is 10.4 Å². The maximum Gasteiger partial charge on any atom is 0.144 e. The quantitative estimate of drug-likeness (QED) is 0.529. The fraction of sp³-hybridized carbons (Fsp3) is 0.143. The second-order valence-corrected chi connectivity index (χ2v) is 2.25. The maximum atomic E-state index is 8.53. The first kappa shape index (κ1) is 6.13. The predicted molar refractivity (Wildman–Crippen MR) is 40.1 cm³/mol. The molecular formula is C7H6N4. The molecule has 0 atom stereocenters. The smallest absolute Gasteiger partial charge is 0.144 e. The summed E-state index contributed by atoms with van der Waals surface area (Å²) in [7, 11) is 0. The van der Waals surface area contributed by atoms with Crippen LogP contribution in [0.3, 0.4) is 0 Å². The Labute approximate surface area is 64.1 Å². The standard InChI is InChI=1S/C7H6N4/c8-3-6-4-9-7-1-2-10-11(7)5-6/h1,4-5,10H,2H2. The Hall–Kier alpha value is -1.60. The molecule has 0 saturated carbocycles. The minimum Gasteiger partial charge on any atom is -0.266 e. The summed E-state index contributed by atoms with van der Waals surface area (Å²) >= 11 is 0. The van der Waals surface area contributed by atoms with Gasteiger partial charge in [0.2, 0.25) is 0 Å². The van der Waals surface area contributed by atoms with E-state index in [1.54, 1.807) is 17.4 Å². The number of allylic oxidation sites excluding steroid dienone is 1. The number of hydrogen-bond donors (Lipinski definition) is 1. The fourth-order valence-corrected chi connectivity index (χ4v) is 1.01. The van der Waals surface area contributed by atoms with Crippen molar-refractivity contribution in [2.45, 2.75) is 0 Å². The molecule has 2 rings (SSSR count). The van der Waals surface area contributed by atoms with Crippen molar-refractivity contribution in [2.24, 2.45) is 4.99 Å². The molecule has 0 radical (unpaired) electrons. The number of aliphatic imine (C=N–C) groups is 1. The minimum absolute atomic E-state index is 0.566. The van der Waals surface area contributed by atoms with Crippen LogP contribution in [0.1, 0.15) is 0 Å². The zero-order chi connectivity index (χ0) is 7.68. The summed E-state index contributed by atoms with van der Waals surface area (Å²) < 4.78 is 0. The van der Waals surface area contributed by atoms with Gasteiger partial charge in [0.15, 0.2) is 0 Å². The monoisotopic (exact) mass is 146 g/mol. The summed E-state index contributed by atoms with van der Waals surface area (Å²) in [5.41, 5.74) is 3.59. The Balaban J connectivity index is 2.32. The molecule has 4 heteroatoms. The predicted octanol–water partition coefficient (Wildman–Crippen LogP) is 0.140. The maximum absolute atomic E-state index is 8.53. The van der Waals surface area contributed by atoms with Crippen LogP contribution in [-0.4, -0.2) is 17.8 Å². The lowest BCUT2D eigenvalue weighted by molar-refractivity contribution is 0.382. The van der Waals surface area contributed by atoms with Crippen LogP contribution in [0.4, 0.5) is 0 Å². The van der Waals surface area contributed by atoms with Gasteiger partial charge >= 0.3 is 0 Å². The molecule has 2 aliphatic rings. The average molecular weight is 146 g/mol. The van der Waals surface area contributed by atoms with E-state index >= 15 is 0 Å². The highest BCUT2D eigenvalue weighted by Crippen LogP contribution is 2.14. The third kappa shape index (κ3) is 0.914. The highest BCUT2D eigenvalue weighted by molar-refractivity contribution is 5.85. The first-order chi connectivity index (χ1) is 5.40. The average Bonchev–Trinajstić information content (AvgIpc) is 2.50. The van der Waals surface area contributed by atoms with Gasteiger partial charge in [-0.05, 0) is 6.08 Å². The second-order valence-electron chi connectivity index (χ2n) is 2.25. The minimum atomic E-state index is 0.566. The molecule has 0 aromatic heterocycles. The van der Waals surface area contributed by atoms with Crippen molar-refractivity contribution >= 4 is 6.21 Å². The SMILES string of the molecule is N#CC1=CN2NCC=C2N=C1. The van der Waals surface area contributed by atoms with Crippen molar-refractivity contribution in [1.82, 2.24) is 10.4 Å². The van der Waals surface area contributed by atoms with Gasteiger partial charge in [0.25, 0.3) is 0 Å². The highest BCUT2D eigenvalue weighted by Gasteiger charge is 2.14. The zero-order valence-corrected chi connectivity index (χ0v) is 5.78. The molecule has 2 heterocycles. The van der Waals surface area contributed by atoms with Gasteiger partial charge in [0.05, 0.1) is 5.57 Å². The number of nitrogens with one attached hydrogen (secondary N) is 1. The van der Waals surface area contributed by atoms with E-state index in [9.17, 15) is 0 Å². The largest absolute Gasteiger partial charge is 0.266 e. The molecule has 0 spiro atoms. The van der Waals surface area contributed by atoms with Crippen LogP contribution in [0.2, 0.25) is 0 Å². The molecule has 0 aromatic rings. The highest BCUT2D eigenvalue weighted by atomic mass is 15.5. The summed E-state index contributed by atoms with van der Waals surface area (Å²) in [4.78, 5) is 4.05. The van der Waals surface area contributed by atoms with Crippen molar-refractivity contribution in [3.05, 3.63) is 23.7 Å². The number of hydrogen-bond acceptors (Lipinski definition) is 4. The van der Waals surface area contributed by atoms with E-state index in [0.29, 0.717) is 5.57 Å². The van der Waals surface area contributed by atoms with Crippen LogP contribution in [-0.2, 0) is 0 Å². The summed E-state index contributed by atoms with van der Waals surface area (Å²) in [6.45, 7) is 0.780. The Morgan fingerprint density at radius 3 is 3.45 bits per heavy atom. The van der Waals surface area contributed by atoms with Crippen LogP contribution in [0.5, 0.6) is 0 Å². The van der Waals surface area contributed by atoms with Gasteiger partial charge in [-0.2, -0.15) is 5.26 Å². The van der Waals surface area contributed by atoms with Gasteiger partial charge in [0.1, 0.15) is 11.9 Å². The lowest BCUT2D eigenvalue weighted by Gasteiger charge is -2.17. The molecule has 2 aliphatic heterocycles. The topological polar surface area (TPSA) is 51.4 Å². The van der Waals surface area contributed by atoms with Crippen LogP contribution in [0.25, 0.3) is 0 Å². The Bertz CT molecular complexity index is 305. The molecule has 1 N–H and O–H groups in total. The molecule has 4 nitrogen and oxygen atoms in total. The molecule has 11 heavy (non-hydrogen) atoms. The van der Waals surface area contributed by atoms with E-state index in [0.717, 1.165) is 12.4 Å². The molecule has 0 saturated heterocycles. The number of nitrogens with zero attached hydrogens (tertiary/aromatic N) is 3. The van der Waals surface area contributed by atoms with E-state index in [4.69, 9.17) is 5.26 Å². The van der Waals surface area contributed by atoms with Gasteiger partial charge in [-0.3, -0.25) is 5.01 Å². The summed E-state index contributed by atoms with van der Waals surface area (Å²) in [6, 6.07) is 2.02. The van der Waals surface area contributed by atoms with Crippen molar-refractivity contribution in [3.63, 3.8) is 0 Å². The second kappa shape index (κ2) is 2.22. The lowest BCUT2D eigenvalue weighted by atomic mass is 10.3. The third-order valence-corrected chi connectivity index (χ3v) is 1.53. The van der Waals surface area contributed by atoms with Crippen LogP contribution >= 0.6 is 0 Å². The van der Waals surface area contributed by atoms with E-state index in [1.165, 1.54) is 0 Å². The van der Waals surface area contributed by atoms with Crippen molar-refractivity contribution in [1.29, 1.82) is 5.26 Å². The fourth-order valence-electron chi connectivity index (χ4n) is 1.01. The summed E-state index contributed by atoms with van der Waals surface area (Å²) in [5, 5.41) is 10.3. The molecule has 54 valence electrons. The number of fused-ring (bicyclic) bond motifs is 1. The van der Waals surface area contributed by atoms with E-state index in [-0.39, 0.29) is 0 Å². The first-order valence-electron chi connectivity index (χ1n) is 3.29. The molecule has 0 amide bonds. The third-order valence-electron chi connectivity index (χ3n) is 1.53. The van der Waals surface area contributed by atoms with E-state index < -0.39 is 0 Å². The molecule has 0 fully saturated rings. The molecule has 0 aliphatic carbocycles. The molecule has 0 bridgehead atoms. The van der Waals surface area contributed by atoms with Crippen molar-refractivity contribution in [2.75, 3.05) is 6.54 Å². The molecule has 0 aromatic carbocycles. The van der Waals surface area contributed by atoms with Gasteiger partial charge in [-0.15, -0.1) is 0 Å². The normalized spacial score (nSPS) is 20.5. The summed E-state index contributed by atoms with van der Waals surface area (Å²) in [5.74, 6) is 0.865. The Kier molecular flexibility index (Phi) is 1.24. The van der Waals surface area contributed by atoms with Gasteiger partial charge in [0, 0.05) is 19.0 Å². The van der Waals surface area contributed by atoms with E-state index in [1.807, 2.05) is 12.1 Å². The first-order valence-corrected chi connectivity index (χ1v) is 3.29. The number of hydrazine groups is 1. The van der Waals surface area contributed by atoms with Crippen LogP contribution in [0.15, 0.2) is 28.7 Å².